The zero-order valence-corrected chi connectivity index (χ0v) is 25.6. The normalized spacial score (nSPS) is 27.6. The third-order valence-corrected chi connectivity index (χ3v) is 10.8. The quantitative estimate of drug-likeness (QED) is 0.274. The van der Waals surface area contributed by atoms with Gasteiger partial charge in [0, 0.05) is 50.4 Å². The van der Waals surface area contributed by atoms with E-state index in [2.05, 4.69) is 25.1 Å². The lowest BCUT2D eigenvalue weighted by Gasteiger charge is -2.31. The second kappa shape index (κ2) is 11.2. The Kier molecular flexibility index (Phi) is 7.22. The van der Waals surface area contributed by atoms with Crippen molar-refractivity contribution in [3.05, 3.63) is 47.7 Å². The molecule has 242 valence electrons. The Morgan fingerprint density at radius 3 is 2.85 bits per heavy atom. The van der Waals surface area contributed by atoms with Gasteiger partial charge in [-0.2, -0.15) is 9.97 Å². The second-order valence-electron chi connectivity index (χ2n) is 13.4. The van der Waals surface area contributed by atoms with Crippen LogP contribution in [0.3, 0.4) is 0 Å². The van der Waals surface area contributed by atoms with Gasteiger partial charge in [0.25, 0.3) is 0 Å². The first kappa shape index (κ1) is 29.6. The number of hydrogen-bond acceptors (Lipinski definition) is 9. The summed E-state index contributed by atoms with van der Waals surface area (Å²) in [5.74, 6) is -0.270. The van der Waals surface area contributed by atoms with Crippen LogP contribution in [-0.2, 0) is 6.42 Å². The third-order valence-electron chi connectivity index (χ3n) is 10.8. The van der Waals surface area contributed by atoms with Crippen LogP contribution in [0.5, 0.6) is 11.8 Å². The summed E-state index contributed by atoms with van der Waals surface area (Å²) in [5, 5.41) is 25.3. The van der Waals surface area contributed by atoms with E-state index in [9.17, 15) is 19.0 Å². The van der Waals surface area contributed by atoms with E-state index in [1.54, 1.807) is 6.07 Å². The summed E-state index contributed by atoms with van der Waals surface area (Å²) in [5.41, 5.74) is 0.163. The summed E-state index contributed by atoms with van der Waals surface area (Å²) in [6, 6.07) is 5.81. The van der Waals surface area contributed by atoms with Crippen LogP contribution in [0.1, 0.15) is 31.7 Å². The molecule has 4 saturated heterocycles. The number of pyridine rings is 1. The van der Waals surface area contributed by atoms with Crippen LogP contribution in [0.15, 0.2) is 30.5 Å². The molecule has 12 heteroatoms. The number of hydrogen-bond donors (Lipinski definition) is 3. The number of aromatic hydroxyl groups is 1. The first-order valence-corrected chi connectivity index (χ1v) is 16.2. The molecule has 0 spiro atoms. The van der Waals surface area contributed by atoms with E-state index >= 15 is 4.39 Å². The summed E-state index contributed by atoms with van der Waals surface area (Å²) >= 11 is 0. The minimum absolute atomic E-state index is 0.000375. The van der Waals surface area contributed by atoms with Gasteiger partial charge in [-0.05, 0) is 72.2 Å². The van der Waals surface area contributed by atoms with E-state index in [0.29, 0.717) is 60.0 Å². The van der Waals surface area contributed by atoms with Gasteiger partial charge in [-0.15, -0.1) is 0 Å². The molecule has 3 unspecified atom stereocenters. The lowest BCUT2D eigenvalue weighted by molar-refractivity contribution is 0.107. The van der Waals surface area contributed by atoms with Crippen molar-refractivity contribution in [2.45, 2.75) is 50.4 Å². The van der Waals surface area contributed by atoms with E-state index in [4.69, 9.17) is 9.72 Å². The van der Waals surface area contributed by atoms with Gasteiger partial charge in [0.2, 0.25) is 0 Å². The highest BCUT2D eigenvalue weighted by atomic mass is 19.1. The highest BCUT2D eigenvalue weighted by Gasteiger charge is 2.49. The number of aliphatic hydroxyl groups excluding tert-OH is 1. The number of phenolic OH excluding ortho intramolecular Hbond substituents is 1. The fourth-order valence-corrected chi connectivity index (χ4v) is 8.59. The molecule has 6 heterocycles. The highest BCUT2D eigenvalue weighted by molar-refractivity contribution is 6.01. The molecule has 0 bridgehead atoms. The topological polar surface area (TPSA) is 107 Å². The number of anilines is 1. The molecule has 4 aliphatic rings. The number of nitrogens with zero attached hydrogens (tertiary/aromatic N) is 5. The Balaban J connectivity index is 1.26. The fourth-order valence-electron chi connectivity index (χ4n) is 8.59. The van der Waals surface area contributed by atoms with Gasteiger partial charge >= 0.3 is 6.01 Å². The van der Waals surface area contributed by atoms with Crippen molar-refractivity contribution in [1.29, 1.82) is 0 Å². The predicted octanol–water partition coefficient (Wildman–Crippen LogP) is 4.36. The fraction of sp³-hybridized carbons (Fsp3) is 0.500. The molecule has 0 amide bonds. The van der Waals surface area contributed by atoms with E-state index in [0.717, 1.165) is 25.9 Å². The summed E-state index contributed by atoms with van der Waals surface area (Å²) in [7, 11) is 0. The van der Waals surface area contributed by atoms with Crippen LogP contribution < -0.4 is 15.0 Å². The number of halogens is 3. The molecule has 46 heavy (non-hydrogen) atoms. The summed E-state index contributed by atoms with van der Waals surface area (Å²) in [6.07, 6.45) is 3.11. The monoisotopic (exact) mass is 634 g/mol. The first-order valence-electron chi connectivity index (χ1n) is 16.2. The van der Waals surface area contributed by atoms with Crippen molar-refractivity contribution in [2.75, 3.05) is 50.8 Å². The molecule has 4 aromatic rings. The Hall–Kier alpha value is -3.74. The average molecular weight is 635 g/mol. The standard InChI is InChI=1S/C34H37F3N6O3/c1-2-22-26(36)5-4-18-8-21(45)9-23(28(18)22)30-29(37)31-24(12-39-30)32(42-13-19-11-38-27(16-44)25(19)15-42)41-33(40-31)46-17-34-6-3-7-43(34)14-20(35)10-34/h4-5,8-9,12,19-20,25,27,38,44-45H,2-3,6-7,10-11,13-17H2,1H3/t19?,20-,25?,27?,34+/m1/s1. The van der Waals surface area contributed by atoms with E-state index in [1.807, 2.05) is 6.92 Å². The van der Waals surface area contributed by atoms with E-state index in [1.165, 1.54) is 24.4 Å². The van der Waals surface area contributed by atoms with Crippen LogP contribution in [0.25, 0.3) is 32.9 Å². The number of aryl methyl sites for hydroxylation is 1. The molecule has 4 aliphatic heterocycles. The Labute approximate surface area is 264 Å². The van der Waals surface area contributed by atoms with Crippen molar-refractivity contribution in [1.82, 2.24) is 25.2 Å². The molecular formula is C34H37F3N6O3. The van der Waals surface area contributed by atoms with Crippen LogP contribution in [-0.4, -0.2) is 93.8 Å². The molecule has 4 fully saturated rings. The number of fused-ring (bicyclic) bond motifs is 4. The molecule has 3 N–H and O–H groups in total. The Morgan fingerprint density at radius 2 is 2.02 bits per heavy atom. The minimum Gasteiger partial charge on any atom is -0.508 e. The van der Waals surface area contributed by atoms with Gasteiger partial charge in [0.15, 0.2) is 5.82 Å². The van der Waals surface area contributed by atoms with Gasteiger partial charge in [0.05, 0.1) is 17.5 Å². The van der Waals surface area contributed by atoms with Crippen LogP contribution in [0.2, 0.25) is 0 Å². The molecule has 2 aromatic heterocycles. The number of aliphatic hydroxyl groups is 1. The number of nitrogens with one attached hydrogen (secondary N) is 1. The van der Waals surface area contributed by atoms with Crippen molar-refractivity contribution < 1.29 is 28.1 Å². The molecule has 0 radical (unpaired) electrons. The van der Waals surface area contributed by atoms with Gasteiger partial charge < -0.3 is 25.2 Å². The minimum atomic E-state index is -0.921. The van der Waals surface area contributed by atoms with Gasteiger partial charge in [0.1, 0.15) is 41.4 Å². The lowest BCUT2D eigenvalue weighted by atomic mass is 9.94. The van der Waals surface area contributed by atoms with E-state index < -0.39 is 23.3 Å². The van der Waals surface area contributed by atoms with Crippen molar-refractivity contribution in [2.24, 2.45) is 11.8 Å². The summed E-state index contributed by atoms with van der Waals surface area (Å²) < 4.78 is 52.5. The summed E-state index contributed by atoms with van der Waals surface area (Å²) in [6.45, 7) is 5.26. The van der Waals surface area contributed by atoms with Crippen molar-refractivity contribution >= 4 is 27.5 Å². The van der Waals surface area contributed by atoms with Crippen molar-refractivity contribution in [3.63, 3.8) is 0 Å². The summed E-state index contributed by atoms with van der Waals surface area (Å²) in [4.78, 5) is 18.1. The maximum atomic E-state index is 16.8. The number of phenols is 1. The van der Waals surface area contributed by atoms with Crippen molar-refractivity contribution in [3.8, 4) is 23.0 Å². The average Bonchev–Trinajstić information content (AvgIpc) is 3.80. The molecule has 9 nitrogen and oxygen atoms in total. The lowest BCUT2D eigenvalue weighted by Crippen LogP contribution is -2.43. The molecule has 5 atom stereocenters. The third kappa shape index (κ3) is 4.67. The number of benzene rings is 2. The zero-order valence-electron chi connectivity index (χ0n) is 25.6. The van der Waals surface area contributed by atoms with Crippen LogP contribution >= 0.6 is 0 Å². The SMILES string of the molecule is CCc1c(F)ccc2cc(O)cc(-c3ncc4c(N5CC6CNC(CO)C6C5)nc(OC[C@@]56CCCN5C[C@H](F)C6)nc4c3F)c12. The second-order valence-corrected chi connectivity index (χ2v) is 13.4. The largest absolute Gasteiger partial charge is 0.508 e. The maximum absolute atomic E-state index is 16.8. The predicted molar refractivity (Wildman–Crippen MR) is 168 cm³/mol. The Morgan fingerprint density at radius 1 is 1.15 bits per heavy atom. The molecule has 0 saturated carbocycles. The maximum Gasteiger partial charge on any atom is 0.319 e. The zero-order chi connectivity index (χ0) is 31.7. The van der Waals surface area contributed by atoms with Gasteiger partial charge in [-0.3, -0.25) is 9.88 Å². The molecule has 8 rings (SSSR count). The molecule has 2 aromatic carbocycles. The van der Waals surface area contributed by atoms with E-state index in [-0.39, 0.29) is 59.6 Å². The van der Waals surface area contributed by atoms with Crippen LogP contribution in [0.4, 0.5) is 19.0 Å². The first-order chi connectivity index (χ1) is 22.3. The number of rotatable bonds is 7. The van der Waals surface area contributed by atoms with Gasteiger partial charge in [-0.1, -0.05) is 13.0 Å². The van der Waals surface area contributed by atoms with Crippen LogP contribution in [0, 0.1) is 23.5 Å². The molecule has 0 aliphatic carbocycles. The van der Waals surface area contributed by atoms with Gasteiger partial charge in [-0.25, -0.2) is 13.2 Å². The molecular weight excluding hydrogens is 597 g/mol. The number of aromatic nitrogens is 3. The Bertz CT molecular complexity index is 1840. The highest BCUT2D eigenvalue weighted by Crippen LogP contribution is 2.43. The smallest absolute Gasteiger partial charge is 0.319 e. The number of ether oxygens (including phenoxy) is 1. The number of alkyl halides is 1.